The number of hydrogen-bond acceptors (Lipinski definition) is 9. The molecule has 48 heavy (non-hydrogen) atoms. The summed E-state index contributed by atoms with van der Waals surface area (Å²) in [4.78, 5) is 34.2. The van der Waals surface area contributed by atoms with Crippen LogP contribution >= 0.6 is 0 Å². The third-order valence-electron chi connectivity index (χ3n) is 11.3. The number of Topliss-reactive ketones (excluding diaryl/α,β-unsaturated/α-hetero) is 2. The van der Waals surface area contributed by atoms with Gasteiger partial charge in [-0.05, 0) is 79.9 Å². The highest BCUT2D eigenvalue weighted by Crippen LogP contribution is 2.63. The fourth-order valence-corrected chi connectivity index (χ4v) is 9.38. The Kier molecular flexibility index (Phi) is 8.12. The van der Waals surface area contributed by atoms with Crippen LogP contribution < -0.4 is 9.64 Å². The van der Waals surface area contributed by atoms with Gasteiger partial charge in [0.15, 0.2) is 25.5 Å². The van der Waals surface area contributed by atoms with Crippen LogP contribution in [0.1, 0.15) is 83.3 Å². The molecule has 0 saturated heterocycles. The summed E-state index contributed by atoms with van der Waals surface area (Å²) in [6.45, 7) is 14.6. The largest absolute Gasteiger partial charge is 0.508 e. The van der Waals surface area contributed by atoms with E-state index in [1.807, 2.05) is 88.2 Å². The van der Waals surface area contributed by atoms with Gasteiger partial charge in [-0.15, -0.1) is 0 Å². The number of carbonyl (C=O) groups is 2. The van der Waals surface area contributed by atoms with E-state index in [0.29, 0.717) is 24.2 Å². The van der Waals surface area contributed by atoms with Gasteiger partial charge in [0.2, 0.25) is 5.78 Å². The molecule has 0 fully saturated rings. The van der Waals surface area contributed by atoms with E-state index in [4.69, 9.17) is 13.7 Å². The quantitative estimate of drug-likeness (QED) is 0.256. The zero-order valence-electron chi connectivity index (χ0n) is 30.1. The van der Waals surface area contributed by atoms with Crippen LogP contribution in [0.15, 0.2) is 58.3 Å². The number of ether oxygens (including phenoxy) is 1. The zero-order valence-corrected chi connectivity index (χ0v) is 31.1. The summed E-state index contributed by atoms with van der Waals surface area (Å²) in [5, 5.41) is 16.8. The second-order valence-corrected chi connectivity index (χ2v) is 20.8. The van der Waals surface area contributed by atoms with Crippen LogP contribution in [0.2, 0.25) is 18.1 Å². The summed E-state index contributed by atoms with van der Waals surface area (Å²) < 4.78 is 19.5. The molecule has 0 saturated carbocycles. The van der Waals surface area contributed by atoms with Gasteiger partial charge in [-0.3, -0.25) is 14.5 Å². The first-order chi connectivity index (χ1) is 22.4. The summed E-state index contributed by atoms with van der Waals surface area (Å²) >= 11 is 0. The number of ketones is 2. The number of anilines is 1. The van der Waals surface area contributed by atoms with Crippen molar-refractivity contribution in [3.63, 3.8) is 0 Å². The molecule has 0 radical (unpaired) electrons. The van der Waals surface area contributed by atoms with E-state index in [-0.39, 0.29) is 40.2 Å². The number of nitrogens with zero attached hydrogens (tertiary/aromatic N) is 3. The minimum Gasteiger partial charge on any atom is -0.508 e. The molecular formula is C38H49N3O6Si. The van der Waals surface area contributed by atoms with Gasteiger partial charge in [0.1, 0.15) is 17.9 Å². The van der Waals surface area contributed by atoms with Gasteiger partial charge in [-0.25, -0.2) is 0 Å². The molecule has 10 heteroatoms. The van der Waals surface area contributed by atoms with Gasteiger partial charge in [0.05, 0.1) is 6.04 Å². The van der Waals surface area contributed by atoms with E-state index < -0.39 is 37.1 Å². The van der Waals surface area contributed by atoms with Gasteiger partial charge in [0, 0.05) is 42.3 Å². The Morgan fingerprint density at radius 2 is 1.71 bits per heavy atom. The predicted molar refractivity (Wildman–Crippen MR) is 188 cm³/mol. The Balaban J connectivity index is 1.62. The Hall–Kier alpha value is -3.73. The van der Waals surface area contributed by atoms with Crippen molar-refractivity contribution in [1.82, 2.24) is 10.1 Å². The third-order valence-corrected chi connectivity index (χ3v) is 15.7. The topological polar surface area (TPSA) is 105 Å². The lowest BCUT2D eigenvalue weighted by atomic mass is 9.53. The lowest BCUT2D eigenvalue weighted by Gasteiger charge is -2.57. The molecule has 6 rings (SSSR count). The molecule has 1 aromatic heterocycles. The van der Waals surface area contributed by atoms with Crippen LogP contribution in [0, 0.1) is 18.3 Å². The van der Waals surface area contributed by atoms with Gasteiger partial charge in [-0.2, -0.15) is 0 Å². The maximum atomic E-state index is 15.4. The maximum Gasteiger partial charge on any atom is 0.265 e. The van der Waals surface area contributed by atoms with E-state index >= 15 is 4.79 Å². The van der Waals surface area contributed by atoms with Gasteiger partial charge in [-0.1, -0.05) is 64.1 Å². The average molecular weight is 672 g/mol. The van der Waals surface area contributed by atoms with Crippen LogP contribution in [0.5, 0.6) is 5.88 Å². The minimum atomic E-state index is -2.80. The number of carbonyl (C=O) groups excluding carboxylic acids is 2. The Morgan fingerprint density at radius 1 is 1.04 bits per heavy atom. The number of aryl methyl sites for hydroxylation is 1. The SMILES string of the molecule is Cc1ccc(N(C)C)c2c1C(=O)C1=C(O)[C@]3(O[Si](C)(C)C(C)(C)C)C(=O)c4c(OCc5ccccc5)noc4[C@@H](N(C)C)[C@@H]3C[C@]1(C)C2. The first-order valence-electron chi connectivity index (χ1n) is 16.7. The Morgan fingerprint density at radius 3 is 2.31 bits per heavy atom. The summed E-state index contributed by atoms with van der Waals surface area (Å²) in [5.74, 6) is -1.15. The second-order valence-electron chi connectivity index (χ2n) is 16.1. The molecule has 4 atom stereocenters. The predicted octanol–water partition coefficient (Wildman–Crippen LogP) is 7.46. The third kappa shape index (κ3) is 4.98. The molecule has 0 spiro atoms. The highest BCUT2D eigenvalue weighted by atomic mass is 28.4. The number of aliphatic hydroxyl groups is 1. The highest BCUT2D eigenvalue weighted by Gasteiger charge is 2.69. The summed E-state index contributed by atoms with van der Waals surface area (Å²) in [6, 6.07) is 13.1. The van der Waals surface area contributed by atoms with Gasteiger partial charge < -0.3 is 23.7 Å². The average Bonchev–Trinajstić information content (AvgIpc) is 3.40. The van der Waals surface area contributed by atoms with Crippen molar-refractivity contribution in [2.75, 3.05) is 33.1 Å². The van der Waals surface area contributed by atoms with Crippen molar-refractivity contribution in [1.29, 1.82) is 0 Å². The molecular weight excluding hydrogens is 623 g/mol. The molecule has 0 bridgehead atoms. The van der Waals surface area contributed by atoms with E-state index in [2.05, 4.69) is 45.1 Å². The van der Waals surface area contributed by atoms with Crippen LogP contribution in [0.4, 0.5) is 5.69 Å². The van der Waals surface area contributed by atoms with E-state index in [1.54, 1.807) is 0 Å². The van der Waals surface area contributed by atoms with Crippen LogP contribution in [-0.4, -0.2) is 68.8 Å². The first-order valence-corrected chi connectivity index (χ1v) is 19.6. The van der Waals surface area contributed by atoms with E-state index in [9.17, 15) is 9.90 Å². The van der Waals surface area contributed by atoms with Crippen molar-refractivity contribution < 1.29 is 28.4 Å². The fourth-order valence-electron chi connectivity index (χ4n) is 7.92. The second kappa shape index (κ2) is 11.4. The summed E-state index contributed by atoms with van der Waals surface area (Å²) in [7, 11) is 5.02. The van der Waals surface area contributed by atoms with Crippen LogP contribution in [0.25, 0.3) is 0 Å². The summed E-state index contributed by atoms with van der Waals surface area (Å²) in [6.07, 6.45) is 0.931. The number of hydrogen-bond donors (Lipinski definition) is 1. The molecule has 1 N–H and O–H groups in total. The number of rotatable bonds is 7. The smallest absolute Gasteiger partial charge is 0.265 e. The van der Waals surface area contributed by atoms with Crippen molar-refractivity contribution in [3.8, 4) is 5.88 Å². The normalized spacial score (nSPS) is 25.4. The number of aromatic nitrogens is 1. The Labute approximate surface area is 285 Å². The molecule has 3 aliphatic rings. The van der Waals surface area contributed by atoms with E-state index in [1.165, 1.54) is 0 Å². The van der Waals surface area contributed by atoms with Crippen LogP contribution in [0.3, 0.4) is 0 Å². The first kappa shape index (κ1) is 34.1. The van der Waals surface area contributed by atoms with Gasteiger partial charge >= 0.3 is 0 Å². The molecule has 2 aromatic carbocycles. The standard InChI is InChI=1S/C38H49N3O6Si/c1-22-17-18-26(40(6)7)24-19-37(5)20-25-30(41(8)9)32-28(35(39-46-32)45-21-23-15-13-12-14-16-23)33(43)38(25,47-48(10,11)36(2,3)4)34(44)29(37)31(42)27(22)24/h12-18,25,30,44H,19-21H2,1-11H3/t25-,30-,37-,38+/m0/s1. The maximum absolute atomic E-state index is 15.4. The lowest BCUT2D eigenvalue weighted by molar-refractivity contribution is -0.0579. The monoisotopic (exact) mass is 671 g/mol. The summed E-state index contributed by atoms with van der Waals surface area (Å²) in [5.41, 5.74) is 2.06. The molecule has 3 aromatic rings. The lowest BCUT2D eigenvalue weighted by Crippen LogP contribution is -2.66. The van der Waals surface area contributed by atoms with Gasteiger partial charge in [0.25, 0.3) is 5.88 Å². The number of allylic oxidation sites excluding steroid dienone is 1. The molecule has 0 aliphatic heterocycles. The fraction of sp³-hybridized carbons (Fsp3) is 0.500. The molecule has 256 valence electrons. The molecule has 0 amide bonds. The zero-order chi connectivity index (χ0) is 35.1. The minimum absolute atomic E-state index is 0.0558. The van der Waals surface area contributed by atoms with Crippen LogP contribution in [-0.2, 0) is 17.5 Å². The van der Waals surface area contributed by atoms with Crippen molar-refractivity contribution in [2.24, 2.45) is 11.3 Å². The molecule has 3 aliphatic carbocycles. The molecule has 0 unspecified atom stereocenters. The number of benzene rings is 2. The van der Waals surface area contributed by atoms with Crippen molar-refractivity contribution in [3.05, 3.63) is 87.4 Å². The molecule has 9 nitrogen and oxygen atoms in total. The number of aliphatic hydroxyl groups excluding tert-OH is 1. The van der Waals surface area contributed by atoms with Crippen molar-refractivity contribution >= 4 is 25.6 Å². The Bertz CT molecular complexity index is 1820. The van der Waals surface area contributed by atoms with Crippen molar-refractivity contribution in [2.45, 2.75) is 83.8 Å². The molecule has 1 heterocycles. The highest BCUT2D eigenvalue weighted by molar-refractivity contribution is 6.74. The number of fused-ring (bicyclic) bond motifs is 4. The van der Waals surface area contributed by atoms with E-state index in [0.717, 1.165) is 22.4 Å².